The third-order valence-corrected chi connectivity index (χ3v) is 4.38. The fraction of sp³-hybridized carbons (Fsp3) is 0.500. The Hall–Kier alpha value is -1.03. The predicted octanol–water partition coefficient (Wildman–Crippen LogP) is 2.46. The summed E-state index contributed by atoms with van der Waals surface area (Å²) in [7, 11) is -0.881. The van der Waals surface area contributed by atoms with Crippen molar-refractivity contribution in [3.05, 3.63) is 23.8 Å². The Morgan fingerprint density at radius 3 is 2.62 bits per heavy atom. The van der Waals surface area contributed by atoms with Crippen LogP contribution in [0.1, 0.15) is 26.3 Å². The average molecular weight is 240 g/mol. The number of benzene rings is 1. The third-order valence-electron chi connectivity index (χ3n) is 2.42. The molecule has 1 aromatic carbocycles. The van der Waals surface area contributed by atoms with E-state index in [1.54, 1.807) is 0 Å². The lowest BCUT2D eigenvalue weighted by atomic mass is 10.2. The highest BCUT2D eigenvalue weighted by molar-refractivity contribution is 7.85. The first-order valence-corrected chi connectivity index (χ1v) is 6.56. The van der Waals surface area contributed by atoms with Crippen LogP contribution < -0.4 is 9.47 Å². The van der Waals surface area contributed by atoms with Crippen LogP contribution >= 0.6 is 0 Å². The van der Waals surface area contributed by atoms with Crippen molar-refractivity contribution in [3.63, 3.8) is 0 Å². The van der Waals surface area contributed by atoms with Gasteiger partial charge >= 0.3 is 0 Å². The van der Waals surface area contributed by atoms with Crippen molar-refractivity contribution in [1.29, 1.82) is 0 Å². The van der Waals surface area contributed by atoms with Crippen LogP contribution in [0.4, 0.5) is 0 Å². The second-order valence-electron chi connectivity index (χ2n) is 4.79. The molecular weight excluding hydrogens is 224 g/mol. The standard InChI is InChI=1S/C12H16O3S/c1-12(2,3)16(13)7-9-4-5-10-11(6-9)15-8-14-10/h4-6H,7-8H2,1-3H3/t16-/m0/s1. The lowest BCUT2D eigenvalue weighted by Crippen LogP contribution is -2.22. The van der Waals surface area contributed by atoms with E-state index in [4.69, 9.17) is 9.47 Å². The first-order valence-electron chi connectivity index (χ1n) is 5.24. The zero-order valence-electron chi connectivity index (χ0n) is 9.78. The van der Waals surface area contributed by atoms with Gasteiger partial charge in [-0.3, -0.25) is 4.21 Å². The second-order valence-corrected chi connectivity index (χ2v) is 6.99. The van der Waals surface area contributed by atoms with E-state index in [1.807, 2.05) is 39.0 Å². The molecule has 1 heterocycles. The monoisotopic (exact) mass is 240 g/mol. The minimum Gasteiger partial charge on any atom is -0.454 e. The lowest BCUT2D eigenvalue weighted by molar-refractivity contribution is 0.174. The first kappa shape index (κ1) is 11.5. The highest BCUT2D eigenvalue weighted by atomic mass is 32.2. The Morgan fingerprint density at radius 2 is 1.94 bits per heavy atom. The molecule has 16 heavy (non-hydrogen) atoms. The second kappa shape index (κ2) is 4.09. The summed E-state index contributed by atoms with van der Waals surface area (Å²) < 4.78 is 22.3. The van der Waals surface area contributed by atoms with Crippen LogP contribution in [-0.4, -0.2) is 15.7 Å². The lowest BCUT2D eigenvalue weighted by Gasteiger charge is -2.17. The fourth-order valence-electron chi connectivity index (χ4n) is 1.40. The highest BCUT2D eigenvalue weighted by Gasteiger charge is 2.21. The number of rotatable bonds is 2. The fourth-order valence-corrected chi connectivity index (χ4v) is 2.31. The van der Waals surface area contributed by atoms with E-state index < -0.39 is 10.8 Å². The Kier molecular flexibility index (Phi) is 2.93. The predicted molar refractivity (Wildman–Crippen MR) is 64.2 cm³/mol. The van der Waals surface area contributed by atoms with Crippen LogP contribution in [0, 0.1) is 0 Å². The molecule has 0 saturated carbocycles. The minimum atomic E-state index is -0.881. The van der Waals surface area contributed by atoms with Gasteiger partial charge in [0, 0.05) is 21.3 Å². The molecule has 1 aliphatic rings. The molecule has 0 fully saturated rings. The summed E-state index contributed by atoms with van der Waals surface area (Å²) in [5.74, 6) is 2.08. The topological polar surface area (TPSA) is 35.5 Å². The van der Waals surface area contributed by atoms with Crippen LogP contribution in [0.3, 0.4) is 0 Å². The molecular formula is C12H16O3S. The van der Waals surface area contributed by atoms with E-state index >= 15 is 0 Å². The van der Waals surface area contributed by atoms with E-state index in [0.29, 0.717) is 5.75 Å². The van der Waals surface area contributed by atoms with Crippen LogP contribution in [0.5, 0.6) is 11.5 Å². The van der Waals surface area contributed by atoms with E-state index in [1.165, 1.54) is 0 Å². The van der Waals surface area contributed by atoms with Gasteiger partial charge in [-0.2, -0.15) is 0 Å². The smallest absolute Gasteiger partial charge is 0.231 e. The Labute approximate surface area is 98.2 Å². The Bertz CT molecular complexity index is 421. The van der Waals surface area contributed by atoms with Gasteiger partial charge in [0.1, 0.15) is 0 Å². The van der Waals surface area contributed by atoms with Gasteiger partial charge in [0.25, 0.3) is 0 Å². The zero-order valence-corrected chi connectivity index (χ0v) is 10.6. The van der Waals surface area contributed by atoms with Crippen LogP contribution in [-0.2, 0) is 16.6 Å². The van der Waals surface area contributed by atoms with Crippen molar-refractivity contribution in [1.82, 2.24) is 0 Å². The molecule has 1 aliphatic heterocycles. The van der Waals surface area contributed by atoms with E-state index in [9.17, 15) is 4.21 Å². The van der Waals surface area contributed by atoms with Crippen LogP contribution in [0.25, 0.3) is 0 Å². The molecule has 1 atom stereocenters. The van der Waals surface area contributed by atoms with E-state index in [0.717, 1.165) is 17.1 Å². The van der Waals surface area contributed by atoms with E-state index in [2.05, 4.69) is 0 Å². The molecule has 1 aromatic rings. The van der Waals surface area contributed by atoms with E-state index in [-0.39, 0.29) is 11.5 Å². The molecule has 4 heteroatoms. The molecule has 3 nitrogen and oxygen atoms in total. The average Bonchev–Trinajstić information content (AvgIpc) is 2.63. The molecule has 0 spiro atoms. The number of hydrogen-bond donors (Lipinski definition) is 0. The molecule has 0 unspecified atom stereocenters. The highest BCUT2D eigenvalue weighted by Crippen LogP contribution is 2.33. The summed E-state index contributed by atoms with van der Waals surface area (Å²) in [5, 5.41) is 0. The van der Waals surface area contributed by atoms with Gasteiger partial charge < -0.3 is 9.47 Å². The summed E-state index contributed by atoms with van der Waals surface area (Å²) in [6.07, 6.45) is 0. The molecule has 0 bridgehead atoms. The minimum absolute atomic E-state index is 0.184. The molecule has 0 N–H and O–H groups in total. The Balaban J connectivity index is 2.14. The van der Waals surface area contributed by atoms with Crippen molar-refractivity contribution in [3.8, 4) is 11.5 Å². The van der Waals surface area contributed by atoms with Crippen molar-refractivity contribution in [2.45, 2.75) is 31.3 Å². The molecule has 0 aliphatic carbocycles. The van der Waals surface area contributed by atoms with Gasteiger partial charge in [0.2, 0.25) is 6.79 Å². The third kappa shape index (κ3) is 2.38. The number of hydrogen-bond acceptors (Lipinski definition) is 3. The quantitative estimate of drug-likeness (QED) is 0.796. The zero-order chi connectivity index (χ0) is 11.8. The normalized spacial score (nSPS) is 16.2. The van der Waals surface area contributed by atoms with Gasteiger partial charge in [0.15, 0.2) is 11.5 Å². The van der Waals surface area contributed by atoms with Crippen molar-refractivity contribution < 1.29 is 13.7 Å². The molecule has 0 saturated heterocycles. The Morgan fingerprint density at radius 1 is 1.25 bits per heavy atom. The van der Waals surface area contributed by atoms with Crippen molar-refractivity contribution in [2.24, 2.45) is 0 Å². The molecule has 0 radical (unpaired) electrons. The molecule has 2 rings (SSSR count). The van der Waals surface area contributed by atoms with Crippen molar-refractivity contribution in [2.75, 3.05) is 6.79 Å². The maximum absolute atomic E-state index is 12.0. The molecule has 0 amide bonds. The van der Waals surface area contributed by atoms with Crippen molar-refractivity contribution >= 4 is 10.8 Å². The first-order chi connectivity index (χ1) is 7.47. The van der Waals surface area contributed by atoms with Gasteiger partial charge in [-0.1, -0.05) is 6.07 Å². The number of fused-ring (bicyclic) bond motifs is 1. The van der Waals surface area contributed by atoms with Gasteiger partial charge in [-0.05, 0) is 38.5 Å². The van der Waals surface area contributed by atoms with Gasteiger partial charge in [-0.25, -0.2) is 0 Å². The summed E-state index contributed by atoms with van der Waals surface area (Å²) in [4.78, 5) is 0. The van der Waals surface area contributed by atoms with Crippen LogP contribution in [0.2, 0.25) is 0 Å². The van der Waals surface area contributed by atoms with Gasteiger partial charge in [-0.15, -0.1) is 0 Å². The summed E-state index contributed by atoms with van der Waals surface area (Å²) >= 11 is 0. The SMILES string of the molecule is CC(C)(C)[S@@](=O)Cc1ccc2c(c1)OCO2. The summed E-state index contributed by atoms with van der Waals surface area (Å²) in [6, 6.07) is 5.72. The molecule has 88 valence electrons. The van der Waals surface area contributed by atoms with Gasteiger partial charge in [0.05, 0.1) is 0 Å². The maximum atomic E-state index is 12.0. The van der Waals surface area contributed by atoms with Crippen LogP contribution in [0.15, 0.2) is 18.2 Å². The summed E-state index contributed by atoms with van der Waals surface area (Å²) in [6.45, 7) is 6.23. The maximum Gasteiger partial charge on any atom is 0.231 e. The number of ether oxygens (including phenoxy) is 2. The summed E-state index contributed by atoms with van der Waals surface area (Å²) in [5.41, 5.74) is 1.03. The molecule has 0 aromatic heterocycles. The largest absolute Gasteiger partial charge is 0.454 e.